The first-order valence-corrected chi connectivity index (χ1v) is 9.59. The number of amides is 1. The minimum absolute atomic E-state index is 0.00779. The summed E-state index contributed by atoms with van der Waals surface area (Å²) in [5, 5.41) is 8.88. The van der Waals surface area contributed by atoms with E-state index in [-0.39, 0.29) is 11.9 Å². The van der Waals surface area contributed by atoms with Crippen LogP contribution in [-0.2, 0) is 13.0 Å². The van der Waals surface area contributed by atoms with Gasteiger partial charge in [0.2, 0.25) is 5.88 Å². The minimum Gasteiger partial charge on any atom is -0.478 e. The van der Waals surface area contributed by atoms with Crippen molar-refractivity contribution in [1.29, 1.82) is 0 Å². The zero-order chi connectivity index (χ0) is 17.9. The predicted octanol–water partition coefficient (Wildman–Crippen LogP) is 2.78. The molecule has 2 aromatic rings. The van der Waals surface area contributed by atoms with E-state index < -0.39 is 0 Å². The lowest BCUT2D eigenvalue weighted by Crippen LogP contribution is -2.32. The quantitative estimate of drug-likeness (QED) is 0.843. The van der Waals surface area contributed by atoms with Gasteiger partial charge in [0.05, 0.1) is 18.2 Å². The standard InChI is InChI=1S/C19H25N5O2/c1-2-26-17-10-9-14(13-20-17)19(25)23-12-6-7-15(23)18-22-21-16-8-4-3-5-11-24(16)18/h9-10,13,15H,2-8,11-12H2,1H3/t15-/m1/s1. The molecule has 0 N–H and O–H groups in total. The summed E-state index contributed by atoms with van der Waals surface area (Å²) >= 11 is 0. The molecule has 0 bridgehead atoms. The second kappa shape index (κ2) is 7.43. The summed E-state index contributed by atoms with van der Waals surface area (Å²) in [4.78, 5) is 19.2. The smallest absolute Gasteiger partial charge is 0.256 e. The van der Waals surface area contributed by atoms with Gasteiger partial charge in [-0.2, -0.15) is 0 Å². The van der Waals surface area contributed by atoms with E-state index in [9.17, 15) is 4.79 Å². The molecule has 0 aromatic carbocycles. The van der Waals surface area contributed by atoms with Crippen molar-refractivity contribution in [2.75, 3.05) is 13.2 Å². The molecule has 26 heavy (non-hydrogen) atoms. The van der Waals surface area contributed by atoms with Crippen molar-refractivity contribution in [2.45, 2.75) is 58.0 Å². The maximum Gasteiger partial charge on any atom is 0.256 e. The van der Waals surface area contributed by atoms with Crippen LogP contribution >= 0.6 is 0 Å². The summed E-state index contributed by atoms with van der Waals surface area (Å²) in [6.45, 7) is 4.18. The number of carbonyl (C=O) groups is 1. The summed E-state index contributed by atoms with van der Waals surface area (Å²) in [7, 11) is 0. The average Bonchev–Trinajstić information content (AvgIpc) is 3.23. The number of fused-ring (bicyclic) bond motifs is 1. The minimum atomic E-state index is 0.00779. The van der Waals surface area contributed by atoms with Gasteiger partial charge in [0.1, 0.15) is 5.82 Å². The van der Waals surface area contributed by atoms with Gasteiger partial charge in [-0.15, -0.1) is 10.2 Å². The molecule has 1 fully saturated rings. The fourth-order valence-electron chi connectivity index (χ4n) is 3.94. The van der Waals surface area contributed by atoms with Crippen molar-refractivity contribution < 1.29 is 9.53 Å². The second-order valence-corrected chi connectivity index (χ2v) is 6.91. The van der Waals surface area contributed by atoms with E-state index in [1.807, 2.05) is 11.8 Å². The van der Waals surface area contributed by atoms with Crippen LogP contribution in [0.2, 0.25) is 0 Å². The van der Waals surface area contributed by atoms with Gasteiger partial charge >= 0.3 is 0 Å². The molecule has 0 radical (unpaired) electrons. The van der Waals surface area contributed by atoms with Gasteiger partial charge < -0.3 is 14.2 Å². The molecule has 4 heterocycles. The van der Waals surface area contributed by atoms with Crippen LogP contribution in [0.1, 0.15) is 67.1 Å². The number of nitrogens with zero attached hydrogens (tertiary/aromatic N) is 5. The lowest BCUT2D eigenvalue weighted by atomic mass is 10.1. The molecule has 1 amide bonds. The van der Waals surface area contributed by atoms with Crippen molar-refractivity contribution in [2.24, 2.45) is 0 Å². The molecule has 2 aromatic heterocycles. The SMILES string of the molecule is CCOc1ccc(C(=O)N2CCC[C@@H]2c2nnc3n2CCCCC3)cn1. The highest BCUT2D eigenvalue weighted by Crippen LogP contribution is 2.33. The third kappa shape index (κ3) is 3.18. The van der Waals surface area contributed by atoms with Crippen molar-refractivity contribution in [3.05, 3.63) is 35.5 Å². The predicted molar refractivity (Wildman–Crippen MR) is 96.0 cm³/mol. The van der Waals surface area contributed by atoms with E-state index in [1.165, 1.54) is 12.8 Å². The Morgan fingerprint density at radius 1 is 1.19 bits per heavy atom. The number of pyridine rings is 1. The number of hydrogen-bond donors (Lipinski definition) is 0. The fraction of sp³-hybridized carbons (Fsp3) is 0.579. The largest absolute Gasteiger partial charge is 0.478 e. The third-order valence-electron chi connectivity index (χ3n) is 5.23. The molecule has 0 spiro atoms. The summed E-state index contributed by atoms with van der Waals surface area (Å²) < 4.78 is 7.61. The van der Waals surface area contributed by atoms with Gasteiger partial charge in [0.25, 0.3) is 5.91 Å². The topological polar surface area (TPSA) is 73.1 Å². The normalized spacial score (nSPS) is 19.9. The van der Waals surface area contributed by atoms with Crippen LogP contribution < -0.4 is 4.74 Å². The average molecular weight is 355 g/mol. The molecule has 4 rings (SSSR count). The number of aryl methyl sites for hydroxylation is 1. The molecule has 2 aliphatic heterocycles. The van der Waals surface area contributed by atoms with Crippen LogP contribution in [0.5, 0.6) is 5.88 Å². The highest BCUT2D eigenvalue weighted by molar-refractivity contribution is 5.94. The molecule has 0 unspecified atom stereocenters. The number of ether oxygens (including phenoxy) is 1. The van der Waals surface area contributed by atoms with Crippen molar-refractivity contribution in [3.8, 4) is 5.88 Å². The van der Waals surface area contributed by atoms with Gasteiger partial charge in [0, 0.05) is 31.8 Å². The van der Waals surface area contributed by atoms with Gasteiger partial charge in [-0.3, -0.25) is 4.79 Å². The van der Waals surface area contributed by atoms with E-state index in [4.69, 9.17) is 4.74 Å². The Morgan fingerprint density at radius 3 is 2.92 bits per heavy atom. The lowest BCUT2D eigenvalue weighted by Gasteiger charge is -2.24. The van der Waals surface area contributed by atoms with Crippen LogP contribution in [-0.4, -0.2) is 43.7 Å². The van der Waals surface area contributed by atoms with Crippen LogP contribution in [0, 0.1) is 0 Å². The fourth-order valence-corrected chi connectivity index (χ4v) is 3.94. The Bertz CT molecular complexity index is 771. The molecule has 1 atom stereocenters. The molecule has 0 saturated carbocycles. The first kappa shape index (κ1) is 17.0. The Morgan fingerprint density at radius 2 is 2.12 bits per heavy atom. The van der Waals surface area contributed by atoms with Crippen LogP contribution in [0.15, 0.2) is 18.3 Å². The number of aromatic nitrogens is 4. The van der Waals surface area contributed by atoms with Gasteiger partial charge in [-0.05, 0) is 38.7 Å². The summed E-state index contributed by atoms with van der Waals surface area (Å²) in [5.74, 6) is 2.57. The lowest BCUT2D eigenvalue weighted by molar-refractivity contribution is 0.0726. The van der Waals surface area contributed by atoms with E-state index in [1.54, 1.807) is 18.3 Å². The highest BCUT2D eigenvalue weighted by atomic mass is 16.5. The molecule has 138 valence electrons. The molecular weight excluding hydrogens is 330 g/mol. The monoisotopic (exact) mass is 355 g/mol. The van der Waals surface area contributed by atoms with Crippen LogP contribution in [0.4, 0.5) is 0 Å². The van der Waals surface area contributed by atoms with E-state index in [0.29, 0.717) is 18.1 Å². The summed E-state index contributed by atoms with van der Waals surface area (Å²) in [5.41, 5.74) is 0.593. The van der Waals surface area contributed by atoms with E-state index in [0.717, 1.165) is 50.4 Å². The Kier molecular flexibility index (Phi) is 4.86. The van der Waals surface area contributed by atoms with Crippen LogP contribution in [0.25, 0.3) is 0 Å². The molecule has 7 nitrogen and oxygen atoms in total. The van der Waals surface area contributed by atoms with Crippen molar-refractivity contribution in [3.63, 3.8) is 0 Å². The number of likely N-dealkylation sites (tertiary alicyclic amines) is 1. The number of rotatable bonds is 4. The first-order chi connectivity index (χ1) is 12.8. The Balaban J connectivity index is 1.57. The van der Waals surface area contributed by atoms with Crippen molar-refractivity contribution >= 4 is 5.91 Å². The van der Waals surface area contributed by atoms with Gasteiger partial charge in [0.15, 0.2) is 5.82 Å². The van der Waals surface area contributed by atoms with Gasteiger partial charge in [-0.1, -0.05) is 6.42 Å². The first-order valence-electron chi connectivity index (χ1n) is 9.59. The zero-order valence-electron chi connectivity index (χ0n) is 15.2. The molecule has 1 saturated heterocycles. The van der Waals surface area contributed by atoms with E-state index in [2.05, 4.69) is 19.7 Å². The third-order valence-corrected chi connectivity index (χ3v) is 5.23. The number of hydrogen-bond acceptors (Lipinski definition) is 5. The molecule has 2 aliphatic rings. The zero-order valence-corrected chi connectivity index (χ0v) is 15.2. The maximum absolute atomic E-state index is 13.0. The van der Waals surface area contributed by atoms with Gasteiger partial charge in [-0.25, -0.2) is 4.98 Å². The Hall–Kier alpha value is -2.44. The van der Waals surface area contributed by atoms with Crippen molar-refractivity contribution in [1.82, 2.24) is 24.6 Å². The second-order valence-electron chi connectivity index (χ2n) is 6.91. The van der Waals surface area contributed by atoms with Crippen LogP contribution in [0.3, 0.4) is 0 Å². The van der Waals surface area contributed by atoms with E-state index >= 15 is 0 Å². The molecule has 0 aliphatic carbocycles. The number of carbonyl (C=O) groups excluding carboxylic acids is 1. The summed E-state index contributed by atoms with van der Waals surface area (Å²) in [6, 6.07) is 3.55. The Labute approximate surface area is 153 Å². The summed E-state index contributed by atoms with van der Waals surface area (Å²) in [6.07, 6.45) is 8.07. The molecular formula is C19H25N5O2. The maximum atomic E-state index is 13.0. The highest BCUT2D eigenvalue weighted by Gasteiger charge is 2.35. The molecule has 7 heteroatoms.